The van der Waals surface area contributed by atoms with E-state index in [1.165, 1.54) is 0 Å². The summed E-state index contributed by atoms with van der Waals surface area (Å²) in [7, 11) is -2.30. The van der Waals surface area contributed by atoms with Crippen LogP contribution in [0.4, 0.5) is 16.4 Å². The van der Waals surface area contributed by atoms with Gasteiger partial charge in [-0.05, 0) is 30.0 Å². The van der Waals surface area contributed by atoms with Crippen LogP contribution in [0, 0.1) is 0 Å². The number of aromatic nitrogens is 2. The molecule has 2 aromatic rings. The van der Waals surface area contributed by atoms with Gasteiger partial charge in [0.25, 0.3) is 10.0 Å². The van der Waals surface area contributed by atoms with Crippen LogP contribution in [-0.4, -0.2) is 44.6 Å². The number of rotatable bonds is 9. The van der Waals surface area contributed by atoms with Gasteiger partial charge < -0.3 is 16.0 Å². The first-order valence-electron chi connectivity index (χ1n) is 9.82. The average Bonchev–Trinajstić information content (AvgIpc) is 2.68. The van der Waals surface area contributed by atoms with E-state index in [4.69, 9.17) is 0 Å². The molecule has 0 saturated heterocycles. The minimum absolute atomic E-state index is 0.159. The number of sulfonamides is 1. The Bertz CT molecular complexity index is 933. The van der Waals surface area contributed by atoms with Gasteiger partial charge in [0.1, 0.15) is 4.90 Å². The molecule has 0 radical (unpaired) electrons. The Hall–Kier alpha value is -2.72. The summed E-state index contributed by atoms with van der Waals surface area (Å²) in [5, 5.41) is 8.64. The maximum absolute atomic E-state index is 12.6. The number of nitrogens with zero attached hydrogens (tertiary/aromatic N) is 2. The van der Waals surface area contributed by atoms with Crippen molar-refractivity contribution in [1.29, 1.82) is 0 Å². The second kappa shape index (κ2) is 10.4. The summed E-state index contributed by atoms with van der Waals surface area (Å²) in [4.78, 5) is 20.3. The van der Waals surface area contributed by atoms with Crippen LogP contribution in [0.5, 0.6) is 0 Å². The summed E-state index contributed by atoms with van der Waals surface area (Å²) in [5.74, 6) is 0.625. The number of carbonyl (C=O) groups excluding carboxylic acids is 1. The summed E-state index contributed by atoms with van der Waals surface area (Å²) < 4.78 is 27.2. The molecule has 2 amide bonds. The summed E-state index contributed by atoms with van der Waals surface area (Å²) in [6.07, 6.45) is 2.32. The highest BCUT2D eigenvalue weighted by atomic mass is 32.2. The molecule has 0 unspecified atom stereocenters. The Labute approximate surface area is 178 Å². The third kappa shape index (κ3) is 6.14. The van der Waals surface area contributed by atoms with Gasteiger partial charge in [-0.15, -0.1) is 0 Å². The first-order valence-corrected chi connectivity index (χ1v) is 11.3. The normalized spacial score (nSPS) is 11.6. The molecule has 0 bridgehead atoms. The van der Waals surface area contributed by atoms with Crippen molar-refractivity contribution in [3.8, 4) is 0 Å². The van der Waals surface area contributed by atoms with Crippen LogP contribution >= 0.6 is 0 Å². The van der Waals surface area contributed by atoms with E-state index in [1.54, 1.807) is 0 Å². The number of amides is 2. The lowest BCUT2D eigenvalue weighted by molar-refractivity contribution is 0.256. The van der Waals surface area contributed by atoms with Crippen LogP contribution < -0.4 is 20.7 Å². The number of nitrogens with one attached hydrogen (secondary N) is 4. The molecule has 1 aromatic carbocycles. The highest BCUT2D eigenvalue weighted by molar-refractivity contribution is 7.90. The molecule has 2 rings (SSSR count). The molecule has 0 aliphatic rings. The van der Waals surface area contributed by atoms with Crippen LogP contribution in [-0.2, 0) is 10.0 Å². The van der Waals surface area contributed by atoms with E-state index in [-0.39, 0.29) is 16.7 Å². The lowest BCUT2D eigenvalue weighted by Gasteiger charge is -2.20. The highest BCUT2D eigenvalue weighted by Crippen LogP contribution is 2.32. The minimum Gasteiger partial charge on any atom is -0.353 e. The Balaban J connectivity index is 2.16. The zero-order valence-corrected chi connectivity index (χ0v) is 18.8. The van der Waals surface area contributed by atoms with Gasteiger partial charge in [-0.2, -0.15) is 0 Å². The van der Waals surface area contributed by atoms with Gasteiger partial charge in [-0.1, -0.05) is 45.9 Å². The maximum atomic E-state index is 12.6. The van der Waals surface area contributed by atoms with Crippen molar-refractivity contribution in [2.75, 3.05) is 30.8 Å². The second-order valence-corrected chi connectivity index (χ2v) is 9.14. The topological polar surface area (TPSA) is 125 Å². The quantitative estimate of drug-likeness (QED) is 0.447. The monoisotopic (exact) mass is 434 g/mol. The summed E-state index contributed by atoms with van der Waals surface area (Å²) >= 11 is 0. The fourth-order valence-corrected chi connectivity index (χ4v) is 3.66. The molecule has 10 heteroatoms. The Morgan fingerprint density at radius 2 is 1.57 bits per heavy atom. The van der Waals surface area contributed by atoms with Gasteiger partial charge in [-0.3, -0.25) is 0 Å². The molecule has 30 heavy (non-hydrogen) atoms. The van der Waals surface area contributed by atoms with Crippen LogP contribution in [0.25, 0.3) is 0 Å². The van der Waals surface area contributed by atoms with Gasteiger partial charge in [0.05, 0.1) is 12.4 Å². The molecule has 0 aliphatic carbocycles. The first kappa shape index (κ1) is 23.6. The van der Waals surface area contributed by atoms with Crippen molar-refractivity contribution in [3.63, 3.8) is 0 Å². The fourth-order valence-electron chi connectivity index (χ4n) is 2.86. The van der Waals surface area contributed by atoms with E-state index in [1.807, 2.05) is 57.7 Å². The Kier molecular flexibility index (Phi) is 8.13. The maximum Gasteiger partial charge on any atom is 0.333 e. The zero-order valence-electron chi connectivity index (χ0n) is 18.0. The van der Waals surface area contributed by atoms with Crippen molar-refractivity contribution >= 4 is 27.7 Å². The Morgan fingerprint density at radius 3 is 2.07 bits per heavy atom. The number of para-hydroxylation sites is 1. The summed E-state index contributed by atoms with van der Waals surface area (Å²) in [6.45, 7) is 9.37. The molecular weight excluding hydrogens is 404 g/mol. The minimum atomic E-state index is -4.11. The fraction of sp³-hybridized carbons (Fsp3) is 0.450. The van der Waals surface area contributed by atoms with Gasteiger partial charge >= 0.3 is 6.03 Å². The van der Waals surface area contributed by atoms with Gasteiger partial charge in [-0.25, -0.2) is 27.9 Å². The number of hydrogen-bond acceptors (Lipinski definition) is 7. The molecule has 0 fully saturated rings. The predicted octanol–water partition coefficient (Wildman–Crippen LogP) is 2.87. The van der Waals surface area contributed by atoms with Crippen molar-refractivity contribution in [3.05, 3.63) is 41.7 Å². The molecule has 0 atom stereocenters. The first-order chi connectivity index (χ1) is 14.2. The number of anilines is 2. The van der Waals surface area contributed by atoms with Crippen molar-refractivity contribution in [2.24, 2.45) is 0 Å². The van der Waals surface area contributed by atoms with Gasteiger partial charge in [0.15, 0.2) is 0 Å². The van der Waals surface area contributed by atoms with Crippen molar-refractivity contribution in [2.45, 2.75) is 44.4 Å². The van der Waals surface area contributed by atoms with E-state index in [0.717, 1.165) is 23.5 Å². The predicted molar refractivity (Wildman–Crippen MR) is 118 cm³/mol. The van der Waals surface area contributed by atoms with Gasteiger partial charge in [0.2, 0.25) is 5.95 Å². The average molecular weight is 435 g/mol. The molecular formula is C20H30N6O3S. The van der Waals surface area contributed by atoms with E-state index in [9.17, 15) is 13.2 Å². The van der Waals surface area contributed by atoms with Crippen molar-refractivity contribution in [1.82, 2.24) is 20.0 Å². The highest BCUT2D eigenvalue weighted by Gasteiger charge is 2.21. The standard InChI is InChI=1S/C20H30N6O3S/c1-13(2)16-7-6-8-17(14(3)4)18(16)25-20(27)26-30(28,29)15-11-23-19(24-12-15)22-10-9-21-5/h6-8,11-14,21H,9-10H2,1-5H3,(H,22,23,24)(H2,25,26,27). The lowest BCUT2D eigenvalue weighted by Crippen LogP contribution is -2.35. The molecule has 1 heterocycles. The Morgan fingerprint density at radius 1 is 1.00 bits per heavy atom. The summed E-state index contributed by atoms with van der Waals surface area (Å²) in [6, 6.07) is 4.96. The smallest absolute Gasteiger partial charge is 0.333 e. The van der Waals surface area contributed by atoms with Crippen LogP contribution in [0.1, 0.15) is 50.7 Å². The number of benzene rings is 1. The summed E-state index contributed by atoms with van der Waals surface area (Å²) in [5.41, 5.74) is 2.51. The van der Waals surface area contributed by atoms with Crippen molar-refractivity contribution < 1.29 is 13.2 Å². The molecule has 0 saturated carbocycles. The van der Waals surface area contributed by atoms with E-state index in [0.29, 0.717) is 24.7 Å². The number of likely N-dealkylation sites (N-methyl/N-ethyl adjacent to an activating group) is 1. The van der Waals surface area contributed by atoms with E-state index >= 15 is 0 Å². The molecule has 164 valence electrons. The number of carbonyl (C=O) groups is 1. The molecule has 1 aromatic heterocycles. The molecule has 0 aliphatic heterocycles. The van der Waals surface area contributed by atoms with Crippen LogP contribution in [0.2, 0.25) is 0 Å². The van der Waals surface area contributed by atoms with E-state index in [2.05, 4.69) is 25.9 Å². The van der Waals surface area contributed by atoms with E-state index < -0.39 is 16.1 Å². The van der Waals surface area contributed by atoms with Crippen LogP contribution in [0.3, 0.4) is 0 Å². The molecule has 0 spiro atoms. The SMILES string of the molecule is CNCCNc1ncc(S(=O)(=O)NC(=O)Nc2c(C(C)C)cccc2C(C)C)cn1. The molecule has 9 nitrogen and oxygen atoms in total. The lowest BCUT2D eigenvalue weighted by atomic mass is 9.93. The largest absolute Gasteiger partial charge is 0.353 e. The second-order valence-electron chi connectivity index (χ2n) is 7.45. The molecule has 4 N–H and O–H groups in total. The van der Waals surface area contributed by atoms with Gasteiger partial charge in [0, 0.05) is 18.8 Å². The number of urea groups is 1. The third-order valence-electron chi connectivity index (χ3n) is 4.44. The third-order valence-corrected chi connectivity index (χ3v) is 5.72. The number of hydrogen-bond donors (Lipinski definition) is 4. The van der Waals surface area contributed by atoms with Crippen LogP contribution in [0.15, 0.2) is 35.5 Å². The zero-order chi connectivity index (χ0) is 22.3.